The van der Waals surface area contributed by atoms with Gasteiger partial charge in [-0.2, -0.15) is 0 Å². The van der Waals surface area contributed by atoms with Crippen LogP contribution in [0, 0.1) is 0 Å². The van der Waals surface area contributed by atoms with Crippen LogP contribution in [-0.2, 0) is 0 Å². The molecule has 0 aliphatic heterocycles. The van der Waals surface area contributed by atoms with Gasteiger partial charge in [0.1, 0.15) is 11.2 Å². The van der Waals surface area contributed by atoms with Crippen molar-refractivity contribution in [1.29, 1.82) is 0 Å². The Hall–Kier alpha value is -4.07. The lowest BCUT2D eigenvalue weighted by molar-refractivity contribution is 0.670. The summed E-state index contributed by atoms with van der Waals surface area (Å²) in [5.74, 6) is 0. The van der Waals surface area contributed by atoms with Crippen LogP contribution in [0.25, 0.3) is 67.1 Å². The van der Waals surface area contributed by atoms with E-state index in [1.807, 2.05) is 37.3 Å². The summed E-state index contributed by atoms with van der Waals surface area (Å²) in [5.41, 5.74) is 8.49. The van der Waals surface area contributed by atoms with E-state index in [4.69, 9.17) is 16.0 Å². The Bertz CT molecular complexity index is 1770. The van der Waals surface area contributed by atoms with Crippen LogP contribution in [0.15, 0.2) is 108 Å². The molecule has 0 aliphatic carbocycles. The van der Waals surface area contributed by atoms with Crippen molar-refractivity contribution in [3.8, 4) is 22.3 Å². The third kappa shape index (κ3) is 3.39. The van der Waals surface area contributed by atoms with Gasteiger partial charge in [0.15, 0.2) is 0 Å². The largest absolute Gasteiger partial charge is 0.455 e. The molecule has 35 heavy (non-hydrogen) atoms. The van der Waals surface area contributed by atoms with Crippen LogP contribution in [-0.4, -0.2) is 0 Å². The SMILES string of the molecule is C=Cc1c(/C=C\C)c(-c2ccc(Cl)cc2)c(-c2cccc3c2oc2ccccc23)c2ccccc12. The second kappa shape index (κ2) is 8.61. The Kier molecular flexibility index (Phi) is 5.28. The maximum absolute atomic E-state index is 6.49. The maximum atomic E-state index is 6.49. The van der Waals surface area contributed by atoms with Crippen LogP contribution in [0.5, 0.6) is 0 Å². The Morgan fingerprint density at radius 2 is 1.37 bits per heavy atom. The Morgan fingerprint density at radius 1 is 0.686 bits per heavy atom. The molecule has 0 unspecified atom stereocenters. The molecule has 6 aromatic rings. The highest BCUT2D eigenvalue weighted by atomic mass is 35.5. The van der Waals surface area contributed by atoms with E-state index in [9.17, 15) is 0 Å². The Balaban J connectivity index is 1.86. The number of hydrogen-bond donors (Lipinski definition) is 0. The fourth-order valence-electron chi connectivity index (χ4n) is 5.18. The second-order valence-electron chi connectivity index (χ2n) is 8.61. The Labute approximate surface area is 209 Å². The minimum atomic E-state index is 0.715. The molecule has 6 rings (SSSR count). The third-order valence-corrected chi connectivity index (χ3v) is 6.89. The normalized spacial score (nSPS) is 11.7. The minimum absolute atomic E-state index is 0.715. The average Bonchev–Trinajstić information content (AvgIpc) is 3.28. The summed E-state index contributed by atoms with van der Waals surface area (Å²) < 4.78 is 6.49. The van der Waals surface area contributed by atoms with E-state index >= 15 is 0 Å². The highest BCUT2D eigenvalue weighted by molar-refractivity contribution is 6.30. The van der Waals surface area contributed by atoms with Gasteiger partial charge in [0.25, 0.3) is 0 Å². The molecular weight excluding hydrogens is 448 g/mol. The van der Waals surface area contributed by atoms with Crippen LogP contribution in [0.2, 0.25) is 5.02 Å². The number of allylic oxidation sites excluding steroid dienone is 1. The molecular formula is C33H23ClO. The summed E-state index contributed by atoms with van der Waals surface area (Å²) in [7, 11) is 0. The summed E-state index contributed by atoms with van der Waals surface area (Å²) in [6, 6.07) is 31.3. The zero-order chi connectivity index (χ0) is 23.9. The topological polar surface area (TPSA) is 13.1 Å². The molecule has 0 amide bonds. The zero-order valence-corrected chi connectivity index (χ0v) is 20.1. The van der Waals surface area contributed by atoms with Gasteiger partial charge in [0, 0.05) is 26.9 Å². The van der Waals surface area contributed by atoms with Crippen LogP contribution in [0.3, 0.4) is 0 Å². The first-order valence-electron chi connectivity index (χ1n) is 11.7. The van der Waals surface area contributed by atoms with E-state index in [0.717, 1.165) is 66.1 Å². The van der Waals surface area contributed by atoms with E-state index in [-0.39, 0.29) is 0 Å². The van der Waals surface area contributed by atoms with E-state index in [1.165, 1.54) is 0 Å². The summed E-state index contributed by atoms with van der Waals surface area (Å²) in [6.07, 6.45) is 6.22. The van der Waals surface area contributed by atoms with E-state index < -0.39 is 0 Å². The van der Waals surface area contributed by atoms with Gasteiger partial charge in [0.2, 0.25) is 0 Å². The van der Waals surface area contributed by atoms with Gasteiger partial charge in [-0.25, -0.2) is 0 Å². The number of benzene rings is 5. The molecule has 1 aromatic heterocycles. The summed E-state index contributed by atoms with van der Waals surface area (Å²) >= 11 is 6.29. The number of halogens is 1. The molecule has 0 atom stereocenters. The van der Waals surface area contributed by atoms with Gasteiger partial charge < -0.3 is 4.42 Å². The van der Waals surface area contributed by atoms with E-state index in [2.05, 4.69) is 85.5 Å². The van der Waals surface area contributed by atoms with Crippen LogP contribution in [0.4, 0.5) is 0 Å². The van der Waals surface area contributed by atoms with Crippen molar-refractivity contribution in [3.63, 3.8) is 0 Å². The highest BCUT2D eigenvalue weighted by Crippen LogP contribution is 2.47. The third-order valence-electron chi connectivity index (χ3n) is 6.64. The Morgan fingerprint density at radius 3 is 2.11 bits per heavy atom. The molecule has 1 heterocycles. The number of hydrogen-bond acceptors (Lipinski definition) is 1. The summed E-state index contributed by atoms with van der Waals surface area (Å²) in [4.78, 5) is 0. The molecule has 0 bridgehead atoms. The molecule has 1 nitrogen and oxygen atoms in total. The lowest BCUT2D eigenvalue weighted by Gasteiger charge is -2.21. The lowest BCUT2D eigenvalue weighted by Crippen LogP contribution is -1.96. The zero-order valence-electron chi connectivity index (χ0n) is 19.4. The number of fused-ring (bicyclic) bond motifs is 4. The molecule has 2 heteroatoms. The molecule has 5 aromatic carbocycles. The fraction of sp³-hybridized carbons (Fsp3) is 0.0303. The fourth-order valence-corrected chi connectivity index (χ4v) is 5.31. The molecule has 0 saturated carbocycles. The van der Waals surface area contributed by atoms with Gasteiger partial charge in [-0.15, -0.1) is 0 Å². The first-order chi connectivity index (χ1) is 17.2. The maximum Gasteiger partial charge on any atom is 0.143 e. The molecule has 0 fully saturated rings. The molecule has 0 radical (unpaired) electrons. The monoisotopic (exact) mass is 470 g/mol. The minimum Gasteiger partial charge on any atom is -0.455 e. The van der Waals surface area contributed by atoms with Gasteiger partial charge >= 0.3 is 0 Å². The molecule has 168 valence electrons. The first kappa shape index (κ1) is 21.5. The van der Waals surface area contributed by atoms with Gasteiger partial charge in [-0.1, -0.05) is 109 Å². The van der Waals surface area contributed by atoms with Crippen LogP contribution >= 0.6 is 11.6 Å². The molecule has 0 spiro atoms. The average molecular weight is 471 g/mol. The lowest BCUT2D eigenvalue weighted by atomic mass is 9.82. The predicted molar refractivity (Wildman–Crippen MR) is 152 cm³/mol. The first-order valence-corrected chi connectivity index (χ1v) is 12.1. The van der Waals surface area contributed by atoms with E-state index in [1.54, 1.807) is 0 Å². The van der Waals surface area contributed by atoms with Crippen molar-refractivity contribution in [2.75, 3.05) is 0 Å². The van der Waals surface area contributed by atoms with Crippen molar-refractivity contribution < 1.29 is 4.42 Å². The van der Waals surface area contributed by atoms with Gasteiger partial charge in [0.05, 0.1) is 0 Å². The van der Waals surface area contributed by atoms with Crippen molar-refractivity contribution in [1.82, 2.24) is 0 Å². The summed E-state index contributed by atoms with van der Waals surface area (Å²) in [5, 5.41) is 5.28. The van der Waals surface area contributed by atoms with Crippen molar-refractivity contribution in [2.45, 2.75) is 6.92 Å². The van der Waals surface area contributed by atoms with Crippen molar-refractivity contribution >= 4 is 56.5 Å². The smallest absolute Gasteiger partial charge is 0.143 e. The van der Waals surface area contributed by atoms with Crippen molar-refractivity contribution in [2.24, 2.45) is 0 Å². The van der Waals surface area contributed by atoms with Crippen LogP contribution in [0.1, 0.15) is 18.1 Å². The number of para-hydroxylation sites is 2. The highest BCUT2D eigenvalue weighted by Gasteiger charge is 2.22. The molecule has 0 aliphatic rings. The van der Waals surface area contributed by atoms with Gasteiger partial charge in [-0.05, 0) is 58.1 Å². The molecule has 0 N–H and O–H groups in total. The molecule has 0 saturated heterocycles. The standard InChI is InChI=1S/C33H23ClO/c1-3-10-26-23(4-2)24-11-5-6-13-27(24)32(31(26)21-17-19-22(34)20-18-21)29-15-9-14-28-25-12-7-8-16-30(25)35-33(28)29/h3-20H,2H2,1H3/b10-3-. The number of rotatable bonds is 4. The number of furan rings is 1. The summed E-state index contributed by atoms with van der Waals surface area (Å²) in [6.45, 7) is 6.23. The quantitative estimate of drug-likeness (QED) is 0.249. The van der Waals surface area contributed by atoms with Crippen molar-refractivity contribution in [3.05, 3.63) is 120 Å². The predicted octanol–water partition coefficient (Wildman–Crippen LogP) is 10.4. The second-order valence-corrected chi connectivity index (χ2v) is 9.05. The van der Waals surface area contributed by atoms with Crippen LogP contribution < -0.4 is 0 Å². The van der Waals surface area contributed by atoms with E-state index in [0.29, 0.717) is 5.02 Å². The van der Waals surface area contributed by atoms with Gasteiger partial charge in [-0.3, -0.25) is 0 Å².